The second-order valence-electron chi connectivity index (χ2n) is 7.59. The number of hydrogen-bond acceptors (Lipinski definition) is 3. The van der Waals surface area contributed by atoms with E-state index in [1.54, 1.807) is 24.3 Å². The van der Waals surface area contributed by atoms with E-state index in [9.17, 15) is 12.6 Å². The zero-order valence-electron chi connectivity index (χ0n) is 18.9. The van der Waals surface area contributed by atoms with Crippen molar-refractivity contribution in [3.8, 4) is 0 Å². The van der Waals surface area contributed by atoms with Crippen LogP contribution in [0.25, 0.3) is 0 Å². The molecule has 166 valence electrons. The first-order valence-electron chi connectivity index (χ1n) is 10.1. The van der Waals surface area contributed by atoms with Crippen molar-refractivity contribution < 1.29 is 29.0 Å². The maximum atomic E-state index is 14.0. The monoisotopic (exact) mass is 575 g/mol. The molecule has 0 aliphatic heterocycles. The quantitative estimate of drug-likeness (QED) is 0.253. The predicted octanol–water partition coefficient (Wildman–Crippen LogP) is 6.90. The number of sulfonamides is 1. The molecule has 2 rings (SSSR count). The van der Waals surface area contributed by atoms with Gasteiger partial charge in [0.1, 0.15) is 0 Å². The van der Waals surface area contributed by atoms with Gasteiger partial charge in [-0.25, -0.2) is 5.57 Å². The maximum absolute atomic E-state index is 14.0. The zero-order valence-corrected chi connectivity index (χ0v) is 25.1. The van der Waals surface area contributed by atoms with Crippen LogP contribution in [0.2, 0.25) is 0 Å². The molecule has 0 aromatic heterocycles. The van der Waals surface area contributed by atoms with Gasteiger partial charge in [-0.2, -0.15) is 8.42 Å². The molecule has 0 aliphatic carbocycles. The number of allylic oxidation sites excluding steroid dienone is 1. The van der Waals surface area contributed by atoms with Gasteiger partial charge in [-0.3, -0.25) is 4.21 Å². The van der Waals surface area contributed by atoms with Gasteiger partial charge in [0.05, 0.1) is 4.90 Å². The van der Waals surface area contributed by atoms with Gasteiger partial charge in [0, 0.05) is 4.90 Å². The number of hydrogen-bond donors (Lipinski definition) is 0. The van der Waals surface area contributed by atoms with E-state index in [-0.39, 0.29) is 10.8 Å². The van der Waals surface area contributed by atoms with E-state index in [4.69, 9.17) is 0 Å². The number of rotatable bonds is 8. The van der Waals surface area contributed by atoms with Crippen LogP contribution in [-0.2, 0) is 36.1 Å². The van der Waals surface area contributed by atoms with Crippen molar-refractivity contribution in [2.45, 2.75) is 63.7 Å². The topological polar surface area (TPSA) is 63.6 Å². The molecule has 0 saturated heterocycles. The van der Waals surface area contributed by atoms with Gasteiger partial charge in [-0.05, 0) is 47.8 Å². The number of nitrogens with zero attached hydrogens (tertiary/aromatic N) is 1. The third kappa shape index (κ3) is 8.56. The Hall–Kier alpha value is -0.817. The van der Waals surface area contributed by atoms with E-state index in [1.807, 2.05) is 39.8 Å². The van der Waals surface area contributed by atoms with Crippen molar-refractivity contribution >= 4 is 33.4 Å². The van der Waals surface area contributed by atoms with Gasteiger partial charge < -0.3 is 5.41 Å². The molecule has 0 N–H and O–H groups in total. The standard InChI is InChI=1S/C23H30NO3S2.BrH.Zn/c1-6-7-8-21(18(2)3)17-28(25,22-13-9-19(4)10-14-22)24-29(26,27)23-15-11-20(5)12-16-23;;/h9-16,18H,6-8H2,1-5H3;1H;/q-1;;+2/p-1/t28-;;/m0../s1. The molecule has 31 heavy (non-hydrogen) atoms. The summed E-state index contributed by atoms with van der Waals surface area (Å²) in [5.74, 6) is 0.102. The first-order chi connectivity index (χ1) is 14.6. The molecule has 2 aromatic rings. The van der Waals surface area contributed by atoms with Crippen molar-refractivity contribution in [3.05, 3.63) is 70.6 Å². The number of aryl methyl sites for hydroxylation is 2. The molecule has 0 aliphatic rings. The van der Waals surface area contributed by atoms with Crippen LogP contribution in [-0.4, -0.2) is 12.6 Å². The molecular weight excluding hydrogens is 548 g/mol. The van der Waals surface area contributed by atoms with Crippen LogP contribution in [0.3, 0.4) is 0 Å². The van der Waals surface area contributed by atoms with E-state index in [0.717, 1.165) is 36.0 Å². The fraction of sp³-hybridized carbons (Fsp3) is 0.391. The minimum atomic E-state index is -4.11. The predicted molar refractivity (Wildman–Crippen MR) is 128 cm³/mol. The van der Waals surface area contributed by atoms with E-state index < -0.39 is 19.8 Å². The first-order valence-corrected chi connectivity index (χ1v) is 20.0. The molecule has 0 fully saturated rings. The number of unbranched alkanes of at least 4 members (excludes halogenated alkanes) is 1. The second-order valence-corrected chi connectivity index (χ2v) is 11.3. The van der Waals surface area contributed by atoms with Gasteiger partial charge in [-0.15, -0.1) is 3.77 Å². The van der Waals surface area contributed by atoms with Crippen LogP contribution in [0.1, 0.15) is 51.2 Å². The Bertz CT molecular complexity index is 1080. The molecular formula is C23H30BrNO3S2Zn. The summed E-state index contributed by atoms with van der Waals surface area (Å²) in [6.45, 7) is 9.89. The number of benzene rings is 2. The molecule has 2 aromatic carbocycles. The van der Waals surface area contributed by atoms with Gasteiger partial charge >= 0.3 is 30.0 Å². The summed E-state index contributed by atoms with van der Waals surface area (Å²) in [6, 6.07) is 13.4. The van der Waals surface area contributed by atoms with E-state index in [0.29, 0.717) is 4.90 Å². The van der Waals surface area contributed by atoms with Crippen LogP contribution >= 0.6 is 13.6 Å². The Labute approximate surface area is 205 Å². The SMILES string of the molecule is CCCCC(=[C-][S@@](=O)(=NS(=O)(=O)c1ccc(C)cc1)c1ccc(C)cc1)C(C)C.[Zn+][Br]. The molecule has 0 saturated carbocycles. The van der Waals surface area contributed by atoms with Crippen molar-refractivity contribution in [2.24, 2.45) is 9.69 Å². The van der Waals surface area contributed by atoms with E-state index in [2.05, 4.69) is 29.7 Å². The molecule has 1 atom stereocenters. The van der Waals surface area contributed by atoms with Gasteiger partial charge in [0.15, 0.2) is 0 Å². The van der Waals surface area contributed by atoms with Crippen molar-refractivity contribution in [1.29, 1.82) is 0 Å². The molecule has 0 bridgehead atoms. The first kappa shape index (κ1) is 28.2. The normalized spacial score (nSPS) is 13.9. The Morgan fingerprint density at radius 3 is 1.81 bits per heavy atom. The van der Waals surface area contributed by atoms with Crippen molar-refractivity contribution in [1.82, 2.24) is 0 Å². The molecule has 0 heterocycles. The van der Waals surface area contributed by atoms with Crippen LogP contribution in [0.4, 0.5) is 0 Å². The van der Waals surface area contributed by atoms with Crippen LogP contribution < -0.4 is 0 Å². The summed E-state index contributed by atoms with van der Waals surface area (Å²) in [5, 5.41) is 3.04. The summed E-state index contributed by atoms with van der Waals surface area (Å²) in [7, 11) is -7.54. The van der Waals surface area contributed by atoms with Crippen LogP contribution in [0.5, 0.6) is 0 Å². The Balaban J connectivity index is 0.00000233. The molecule has 0 spiro atoms. The number of halogens is 1. The molecule has 0 unspecified atom stereocenters. The molecule has 8 heteroatoms. The summed E-state index contributed by atoms with van der Waals surface area (Å²) in [4.78, 5) is 0.387. The van der Waals surface area contributed by atoms with Gasteiger partial charge in [0.25, 0.3) is 10.0 Å². The Morgan fingerprint density at radius 2 is 1.39 bits per heavy atom. The van der Waals surface area contributed by atoms with Crippen molar-refractivity contribution in [3.63, 3.8) is 0 Å². The van der Waals surface area contributed by atoms with Crippen molar-refractivity contribution in [2.75, 3.05) is 0 Å². The van der Waals surface area contributed by atoms with Crippen LogP contribution in [0, 0.1) is 25.2 Å². The average molecular weight is 578 g/mol. The fourth-order valence-corrected chi connectivity index (χ4v) is 6.48. The average Bonchev–Trinajstić information content (AvgIpc) is 2.72. The summed E-state index contributed by atoms with van der Waals surface area (Å²) < 4.78 is 43.8. The summed E-state index contributed by atoms with van der Waals surface area (Å²) in [6.07, 6.45) is 2.63. The Kier molecular flexibility index (Phi) is 11.9. The molecule has 0 radical (unpaired) electrons. The zero-order chi connectivity index (χ0) is 23.7. The van der Waals surface area contributed by atoms with Gasteiger partial charge in [-0.1, -0.05) is 81.3 Å². The fourth-order valence-electron chi connectivity index (χ4n) is 2.74. The molecule has 0 amide bonds. The Morgan fingerprint density at radius 1 is 0.935 bits per heavy atom. The third-order valence-electron chi connectivity index (χ3n) is 4.63. The second kappa shape index (κ2) is 13.0. The van der Waals surface area contributed by atoms with Gasteiger partial charge in [0.2, 0.25) is 0 Å². The molecule has 4 nitrogen and oxygen atoms in total. The van der Waals surface area contributed by atoms with E-state index in [1.165, 1.54) is 28.5 Å². The van der Waals surface area contributed by atoms with Crippen LogP contribution in [0.15, 0.2) is 67.7 Å². The summed E-state index contributed by atoms with van der Waals surface area (Å²) >= 11 is 4.25. The summed E-state index contributed by atoms with van der Waals surface area (Å²) in [5.41, 5.74) is 2.78. The van der Waals surface area contributed by atoms with E-state index >= 15 is 0 Å². The third-order valence-corrected chi connectivity index (χ3v) is 8.57. The minimum absolute atomic E-state index is 0.0318.